The Hall–Kier alpha value is -2.46. The molecule has 1 fully saturated rings. The van der Waals surface area contributed by atoms with Gasteiger partial charge in [0, 0.05) is 37.4 Å². The molecule has 10 heteroatoms. The quantitative estimate of drug-likeness (QED) is 0.789. The summed E-state index contributed by atoms with van der Waals surface area (Å²) in [5.74, 6) is 0.833. The van der Waals surface area contributed by atoms with Gasteiger partial charge in [-0.25, -0.2) is 18.5 Å². The van der Waals surface area contributed by atoms with Crippen LogP contribution in [0.4, 0.5) is 11.8 Å². The highest BCUT2D eigenvalue weighted by atomic mass is 32.2. The van der Waals surface area contributed by atoms with E-state index in [1.807, 2.05) is 4.90 Å². The molecule has 24 heavy (non-hydrogen) atoms. The lowest BCUT2D eigenvalue weighted by Gasteiger charge is -2.26. The van der Waals surface area contributed by atoms with Crippen LogP contribution >= 0.6 is 0 Å². The zero-order valence-electron chi connectivity index (χ0n) is 13.0. The summed E-state index contributed by atoms with van der Waals surface area (Å²) in [5.41, 5.74) is 6.42. The van der Waals surface area contributed by atoms with Crippen LogP contribution in [0.1, 0.15) is 12.8 Å². The highest BCUT2D eigenvalue weighted by Gasteiger charge is 2.22. The van der Waals surface area contributed by atoms with E-state index in [1.54, 1.807) is 0 Å². The maximum absolute atomic E-state index is 11.7. The minimum Gasteiger partial charge on any atom is -0.495 e. The first-order valence-corrected chi connectivity index (χ1v) is 8.79. The molecule has 128 valence electrons. The number of carbonyl (C=O) groups is 1. The predicted octanol–water partition coefficient (Wildman–Crippen LogP) is 0.0373. The standard InChI is InChI=1S/C14H17N5O4S/c1-23-11-7-10-9(6-12(11)24(16,21)22)13(15)18-14(17-10)19-4-2-8(20)3-5-19/h6-7H,2-5H2,1H3,(H2,15,17,18)(H2,16,21,22). The first-order chi connectivity index (χ1) is 11.3. The number of nitrogen functional groups attached to an aromatic ring is 1. The van der Waals surface area contributed by atoms with Crippen molar-refractivity contribution in [2.24, 2.45) is 5.14 Å². The molecule has 0 bridgehead atoms. The average Bonchev–Trinajstić information content (AvgIpc) is 2.53. The number of hydrogen-bond donors (Lipinski definition) is 2. The highest BCUT2D eigenvalue weighted by Crippen LogP contribution is 2.31. The summed E-state index contributed by atoms with van der Waals surface area (Å²) >= 11 is 0. The van der Waals surface area contributed by atoms with Crippen LogP contribution in [0.5, 0.6) is 5.75 Å². The van der Waals surface area contributed by atoms with Crippen LogP contribution in [0, 0.1) is 0 Å². The van der Waals surface area contributed by atoms with Gasteiger partial charge < -0.3 is 15.4 Å². The molecule has 1 aliphatic rings. The zero-order chi connectivity index (χ0) is 17.5. The van der Waals surface area contributed by atoms with Gasteiger partial charge in [0.25, 0.3) is 0 Å². The molecule has 1 aromatic carbocycles. The van der Waals surface area contributed by atoms with Crippen LogP contribution in [-0.2, 0) is 14.8 Å². The second kappa shape index (κ2) is 5.87. The van der Waals surface area contributed by atoms with E-state index in [0.29, 0.717) is 42.8 Å². The normalized spacial score (nSPS) is 15.8. The summed E-state index contributed by atoms with van der Waals surface area (Å²) in [5, 5.41) is 5.58. The van der Waals surface area contributed by atoms with Crippen molar-refractivity contribution >= 4 is 38.5 Å². The SMILES string of the molecule is COc1cc2nc(N3CCC(=O)CC3)nc(N)c2cc1S(N)(=O)=O. The number of hydrogen-bond acceptors (Lipinski definition) is 8. The van der Waals surface area contributed by atoms with Gasteiger partial charge in [0.2, 0.25) is 16.0 Å². The Kier molecular flexibility index (Phi) is 4.01. The summed E-state index contributed by atoms with van der Waals surface area (Å²) in [6.45, 7) is 1.05. The first-order valence-electron chi connectivity index (χ1n) is 7.24. The van der Waals surface area contributed by atoms with Crippen LogP contribution in [-0.4, -0.2) is 44.4 Å². The molecular weight excluding hydrogens is 334 g/mol. The molecule has 1 aromatic heterocycles. The summed E-state index contributed by atoms with van der Waals surface area (Å²) in [6.07, 6.45) is 0.879. The summed E-state index contributed by atoms with van der Waals surface area (Å²) < 4.78 is 28.5. The number of nitrogens with zero attached hydrogens (tertiary/aromatic N) is 3. The van der Waals surface area contributed by atoms with Crippen LogP contribution < -0.4 is 20.5 Å². The van der Waals surface area contributed by atoms with Crippen LogP contribution in [0.3, 0.4) is 0 Å². The van der Waals surface area contributed by atoms with E-state index in [9.17, 15) is 13.2 Å². The lowest BCUT2D eigenvalue weighted by Crippen LogP contribution is -2.35. The maximum Gasteiger partial charge on any atom is 0.241 e. The van der Waals surface area contributed by atoms with E-state index < -0.39 is 10.0 Å². The predicted molar refractivity (Wildman–Crippen MR) is 88.3 cm³/mol. The molecule has 1 aliphatic heterocycles. The number of carbonyl (C=O) groups excluding carboxylic acids is 1. The molecule has 0 unspecified atom stereocenters. The van der Waals surface area contributed by atoms with E-state index >= 15 is 0 Å². The summed E-state index contributed by atoms with van der Waals surface area (Å²) in [7, 11) is -2.63. The van der Waals surface area contributed by atoms with Crippen molar-refractivity contribution in [3.05, 3.63) is 12.1 Å². The number of piperidine rings is 1. The van der Waals surface area contributed by atoms with Gasteiger partial charge in [0.15, 0.2) is 0 Å². The van der Waals surface area contributed by atoms with Gasteiger partial charge in [0.05, 0.1) is 12.6 Å². The van der Waals surface area contributed by atoms with E-state index in [2.05, 4.69) is 9.97 Å². The molecule has 9 nitrogen and oxygen atoms in total. The lowest BCUT2D eigenvalue weighted by molar-refractivity contribution is -0.119. The first kappa shape index (κ1) is 16.4. The molecule has 4 N–H and O–H groups in total. The van der Waals surface area contributed by atoms with Crippen molar-refractivity contribution in [2.75, 3.05) is 30.8 Å². The molecule has 3 rings (SSSR count). The van der Waals surface area contributed by atoms with Crippen molar-refractivity contribution in [1.82, 2.24) is 9.97 Å². The summed E-state index contributed by atoms with van der Waals surface area (Å²) in [6, 6.07) is 2.77. The van der Waals surface area contributed by atoms with Gasteiger partial charge in [-0.05, 0) is 6.07 Å². The van der Waals surface area contributed by atoms with Gasteiger partial charge in [-0.3, -0.25) is 4.79 Å². The van der Waals surface area contributed by atoms with Crippen molar-refractivity contribution < 1.29 is 17.9 Å². The van der Waals surface area contributed by atoms with Gasteiger partial charge in [-0.15, -0.1) is 0 Å². The van der Waals surface area contributed by atoms with E-state index in [0.717, 1.165) is 0 Å². The number of Topliss-reactive ketones (excluding diaryl/α,β-unsaturated/α-hetero) is 1. The molecule has 0 amide bonds. The van der Waals surface area contributed by atoms with Gasteiger partial charge in [-0.2, -0.15) is 4.98 Å². The molecular formula is C14H17N5O4S. The molecule has 0 radical (unpaired) electrons. The second-order valence-electron chi connectivity index (χ2n) is 5.50. The molecule has 0 saturated carbocycles. The van der Waals surface area contributed by atoms with Gasteiger partial charge in [0.1, 0.15) is 22.2 Å². The Balaban J connectivity index is 2.13. The Bertz CT molecular complexity index is 918. The number of methoxy groups -OCH3 is 1. The Morgan fingerprint density at radius 3 is 2.46 bits per heavy atom. The molecule has 2 aromatic rings. The van der Waals surface area contributed by atoms with E-state index in [1.165, 1.54) is 19.2 Å². The minimum atomic E-state index is -3.97. The fourth-order valence-electron chi connectivity index (χ4n) is 2.63. The number of ether oxygens (including phenoxy) is 1. The summed E-state index contributed by atoms with van der Waals surface area (Å²) in [4.78, 5) is 21.7. The molecule has 1 saturated heterocycles. The van der Waals surface area contributed by atoms with Crippen molar-refractivity contribution in [3.8, 4) is 5.75 Å². The Morgan fingerprint density at radius 2 is 1.88 bits per heavy atom. The zero-order valence-corrected chi connectivity index (χ0v) is 13.8. The third-order valence-electron chi connectivity index (χ3n) is 3.91. The van der Waals surface area contributed by atoms with Crippen molar-refractivity contribution in [2.45, 2.75) is 17.7 Å². The molecule has 0 aliphatic carbocycles. The second-order valence-corrected chi connectivity index (χ2v) is 7.03. The van der Waals surface area contributed by atoms with E-state index in [4.69, 9.17) is 15.6 Å². The van der Waals surface area contributed by atoms with E-state index in [-0.39, 0.29) is 22.2 Å². The van der Waals surface area contributed by atoms with Crippen molar-refractivity contribution in [3.63, 3.8) is 0 Å². The van der Waals surface area contributed by atoms with Crippen molar-refractivity contribution in [1.29, 1.82) is 0 Å². The Labute approximate surface area is 138 Å². The number of anilines is 2. The third-order valence-corrected chi connectivity index (χ3v) is 4.84. The third kappa shape index (κ3) is 2.97. The number of aromatic nitrogens is 2. The number of sulfonamides is 1. The minimum absolute atomic E-state index is 0.0860. The number of rotatable bonds is 3. The monoisotopic (exact) mass is 351 g/mol. The number of benzene rings is 1. The van der Waals surface area contributed by atoms with Crippen LogP contribution in [0.15, 0.2) is 17.0 Å². The molecule has 2 heterocycles. The molecule has 0 spiro atoms. The molecule has 0 atom stereocenters. The fraction of sp³-hybridized carbons (Fsp3) is 0.357. The van der Waals surface area contributed by atoms with Gasteiger partial charge >= 0.3 is 0 Å². The average molecular weight is 351 g/mol. The number of nitrogens with two attached hydrogens (primary N) is 2. The van der Waals surface area contributed by atoms with Crippen LogP contribution in [0.25, 0.3) is 10.9 Å². The van der Waals surface area contributed by atoms with Crippen LogP contribution in [0.2, 0.25) is 0 Å². The smallest absolute Gasteiger partial charge is 0.241 e. The lowest BCUT2D eigenvalue weighted by atomic mass is 10.1. The maximum atomic E-state index is 11.7. The fourth-order valence-corrected chi connectivity index (χ4v) is 3.33. The number of ketones is 1. The largest absolute Gasteiger partial charge is 0.495 e. The number of fused-ring (bicyclic) bond motifs is 1. The van der Waals surface area contributed by atoms with Gasteiger partial charge in [-0.1, -0.05) is 0 Å². The highest BCUT2D eigenvalue weighted by molar-refractivity contribution is 7.89. The topological polar surface area (TPSA) is 142 Å². The number of primary sulfonamides is 1. The Morgan fingerprint density at radius 1 is 1.21 bits per heavy atom.